The zero-order chi connectivity index (χ0) is 29.7. The van der Waals surface area contributed by atoms with Crippen LogP contribution in [0.15, 0.2) is 72.8 Å². The van der Waals surface area contributed by atoms with Gasteiger partial charge in [0.25, 0.3) is 0 Å². The normalized spacial score (nSPS) is 26.4. The predicted molar refractivity (Wildman–Crippen MR) is 155 cm³/mol. The molecule has 226 valence electrons. The standard InChI is InChI=1S/C33H40O9/c1-33(2)41-31-29(39-19-22-8-14-25(36-4)15-9-22)27(34)28(38-18-21-6-12-24(35-3)13-7-21)30(32(31)42-33)40-20-23-10-16-26(37-5)17-11-23/h6-17,27-32,34H,18-20H2,1-5H3/t27-,28-,29+,30+,31+,32-/m1/s1. The first-order valence-electron chi connectivity index (χ1n) is 14.1. The van der Waals surface area contributed by atoms with Gasteiger partial charge in [0, 0.05) is 0 Å². The van der Waals surface area contributed by atoms with Gasteiger partial charge < -0.3 is 43.0 Å². The van der Waals surface area contributed by atoms with Crippen LogP contribution >= 0.6 is 0 Å². The molecule has 42 heavy (non-hydrogen) atoms. The van der Waals surface area contributed by atoms with Crippen LogP contribution in [-0.2, 0) is 43.5 Å². The van der Waals surface area contributed by atoms with E-state index in [0.29, 0.717) is 0 Å². The summed E-state index contributed by atoms with van der Waals surface area (Å²) in [6.07, 6.45) is -4.28. The Hall–Kier alpha value is -3.18. The first kappa shape index (κ1) is 30.3. The highest BCUT2D eigenvalue weighted by Gasteiger charge is 2.59. The average molecular weight is 581 g/mol. The minimum Gasteiger partial charge on any atom is -0.497 e. The molecule has 5 rings (SSSR count). The lowest BCUT2D eigenvalue weighted by molar-refractivity contribution is -0.238. The number of hydrogen-bond donors (Lipinski definition) is 1. The molecule has 9 nitrogen and oxygen atoms in total. The van der Waals surface area contributed by atoms with E-state index >= 15 is 0 Å². The highest BCUT2D eigenvalue weighted by Crippen LogP contribution is 2.41. The Labute approximate surface area is 247 Å². The van der Waals surface area contributed by atoms with Gasteiger partial charge in [-0.25, -0.2) is 0 Å². The van der Waals surface area contributed by atoms with Gasteiger partial charge in [0.2, 0.25) is 0 Å². The van der Waals surface area contributed by atoms with Gasteiger partial charge in [0.15, 0.2) is 5.79 Å². The minimum atomic E-state index is -1.05. The Morgan fingerprint density at radius 3 is 1.26 bits per heavy atom. The summed E-state index contributed by atoms with van der Waals surface area (Å²) in [5.41, 5.74) is 2.82. The van der Waals surface area contributed by atoms with Gasteiger partial charge in [-0.15, -0.1) is 0 Å². The van der Waals surface area contributed by atoms with E-state index < -0.39 is 42.4 Å². The van der Waals surface area contributed by atoms with Gasteiger partial charge in [-0.3, -0.25) is 0 Å². The number of aliphatic hydroxyl groups is 1. The summed E-state index contributed by atoms with van der Waals surface area (Å²) in [4.78, 5) is 0. The summed E-state index contributed by atoms with van der Waals surface area (Å²) in [5.74, 6) is 1.38. The molecule has 6 atom stereocenters. The lowest BCUT2D eigenvalue weighted by atomic mass is 9.84. The van der Waals surface area contributed by atoms with Crippen molar-refractivity contribution in [2.45, 2.75) is 76.1 Å². The number of aliphatic hydroxyl groups excluding tert-OH is 1. The Bertz CT molecular complexity index is 1260. The molecular formula is C33H40O9. The van der Waals surface area contributed by atoms with E-state index in [1.807, 2.05) is 86.6 Å². The second-order valence-electron chi connectivity index (χ2n) is 10.9. The summed E-state index contributed by atoms with van der Waals surface area (Å²) < 4.78 is 47.8. The highest BCUT2D eigenvalue weighted by molar-refractivity contribution is 5.28. The SMILES string of the molecule is COc1ccc(CO[C@@H]2[C@H]3OC(C)(C)O[C@H]3[C@@H](OCc3ccc(OC)cc3)[C@H](O)[C@H]2OCc2ccc(OC)cc2)cc1. The van der Waals surface area contributed by atoms with Gasteiger partial charge in [-0.2, -0.15) is 0 Å². The summed E-state index contributed by atoms with van der Waals surface area (Å²) in [7, 11) is 4.89. The third-order valence-corrected chi connectivity index (χ3v) is 7.61. The molecule has 1 saturated heterocycles. The number of rotatable bonds is 12. The van der Waals surface area contributed by atoms with Gasteiger partial charge >= 0.3 is 0 Å². The zero-order valence-corrected chi connectivity index (χ0v) is 24.7. The number of methoxy groups -OCH3 is 3. The molecule has 0 aromatic heterocycles. The van der Waals surface area contributed by atoms with Gasteiger partial charge in [0.1, 0.15) is 53.9 Å². The summed E-state index contributed by atoms with van der Waals surface area (Å²) in [5, 5.41) is 11.8. The maximum absolute atomic E-state index is 11.8. The molecule has 1 aliphatic heterocycles. The number of ether oxygens (including phenoxy) is 8. The van der Waals surface area contributed by atoms with Crippen molar-refractivity contribution in [2.24, 2.45) is 0 Å². The quantitative estimate of drug-likeness (QED) is 0.328. The van der Waals surface area contributed by atoms with E-state index in [4.69, 9.17) is 37.9 Å². The topological polar surface area (TPSA) is 94.1 Å². The first-order valence-corrected chi connectivity index (χ1v) is 14.1. The van der Waals surface area contributed by atoms with Crippen molar-refractivity contribution in [1.82, 2.24) is 0 Å². The molecule has 0 spiro atoms. The Balaban J connectivity index is 1.38. The molecule has 1 aliphatic carbocycles. The first-order chi connectivity index (χ1) is 20.3. The van der Waals surface area contributed by atoms with E-state index in [1.165, 1.54) is 0 Å². The van der Waals surface area contributed by atoms with Crippen LogP contribution < -0.4 is 14.2 Å². The molecule has 3 aromatic rings. The molecule has 0 unspecified atom stereocenters. The van der Waals surface area contributed by atoms with Gasteiger partial charge in [0.05, 0.1) is 41.2 Å². The van der Waals surface area contributed by atoms with Crippen molar-refractivity contribution in [1.29, 1.82) is 0 Å². The second kappa shape index (κ2) is 13.4. The molecule has 1 heterocycles. The van der Waals surface area contributed by atoms with Crippen LogP contribution in [0.5, 0.6) is 17.2 Å². The molecule has 3 aromatic carbocycles. The van der Waals surface area contributed by atoms with E-state index in [2.05, 4.69) is 0 Å². The van der Waals surface area contributed by atoms with Crippen molar-refractivity contribution in [3.05, 3.63) is 89.5 Å². The van der Waals surface area contributed by atoms with Crippen LogP contribution in [0.25, 0.3) is 0 Å². The highest BCUT2D eigenvalue weighted by atomic mass is 16.8. The van der Waals surface area contributed by atoms with Crippen LogP contribution in [0.1, 0.15) is 30.5 Å². The molecule has 0 amide bonds. The lowest BCUT2D eigenvalue weighted by Gasteiger charge is -2.44. The summed E-state index contributed by atoms with van der Waals surface area (Å²) in [6.45, 7) is 4.51. The maximum atomic E-state index is 11.8. The van der Waals surface area contributed by atoms with Gasteiger partial charge in [-0.1, -0.05) is 36.4 Å². The van der Waals surface area contributed by atoms with Crippen molar-refractivity contribution in [3.8, 4) is 17.2 Å². The molecule has 0 bridgehead atoms. The minimum absolute atomic E-state index is 0.251. The fraction of sp³-hybridized carbons (Fsp3) is 0.455. The van der Waals surface area contributed by atoms with E-state index in [9.17, 15) is 5.11 Å². The largest absolute Gasteiger partial charge is 0.497 e. The molecule has 1 saturated carbocycles. The van der Waals surface area contributed by atoms with Crippen molar-refractivity contribution in [2.75, 3.05) is 21.3 Å². The van der Waals surface area contributed by atoms with E-state index in [0.717, 1.165) is 33.9 Å². The predicted octanol–water partition coefficient (Wildman–Crippen LogP) is 4.66. The van der Waals surface area contributed by atoms with Crippen molar-refractivity contribution < 1.29 is 43.0 Å². The fourth-order valence-electron chi connectivity index (χ4n) is 5.41. The van der Waals surface area contributed by atoms with E-state index in [1.54, 1.807) is 21.3 Å². The zero-order valence-electron chi connectivity index (χ0n) is 24.7. The third kappa shape index (κ3) is 7.06. The smallest absolute Gasteiger partial charge is 0.164 e. The molecule has 1 N–H and O–H groups in total. The Kier molecular flexibility index (Phi) is 9.67. The van der Waals surface area contributed by atoms with Crippen LogP contribution in [0.3, 0.4) is 0 Å². The van der Waals surface area contributed by atoms with Crippen LogP contribution in [0.2, 0.25) is 0 Å². The number of fused-ring (bicyclic) bond motifs is 1. The Morgan fingerprint density at radius 2 is 0.881 bits per heavy atom. The lowest BCUT2D eigenvalue weighted by Crippen LogP contribution is -2.64. The molecule has 2 aliphatic rings. The van der Waals surface area contributed by atoms with Crippen LogP contribution in [0.4, 0.5) is 0 Å². The fourth-order valence-corrected chi connectivity index (χ4v) is 5.41. The monoisotopic (exact) mass is 580 g/mol. The summed E-state index contributed by atoms with van der Waals surface area (Å²) >= 11 is 0. The third-order valence-electron chi connectivity index (χ3n) is 7.61. The number of benzene rings is 3. The summed E-state index contributed by atoms with van der Waals surface area (Å²) in [6, 6.07) is 22.9. The molecule has 0 radical (unpaired) electrons. The molecular weight excluding hydrogens is 540 g/mol. The second-order valence-corrected chi connectivity index (χ2v) is 10.9. The molecule has 2 fully saturated rings. The van der Waals surface area contributed by atoms with Gasteiger partial charge in [-0.05, 0) is 66.9 Å². The van der Waals surface area contributed by atoms with Crippen molar-refractivity contribution >= 4 is 0 Å². The number of hydrogen-bond acceptors (Lipinski definition) is 9. The Morgan fingerprint density at radius 1 is 0.548 bits per heavy atom. The van der Waals surface area contributed by atoms with Crippen molar-refractivity contribution in [3.63, 3.8) is 0 Å². The van der Waals surface area contributed by atoms with Crippen LogP contribution in [0, 0.1) is 0 Å². The molecule has 9 heteroatoms. The maximum Gasteiger partial charge on any atom is 0.164 e. The average Bonchev–Trinajstić information content (AvgIpc) is 3.34. The van der Waals surface area contributed by atoms with Crippen LogP contribution in [-0.4, -0.2) is 68.8 Å². The van der Waals surface area contributed by atoms with E-state index in [-0.39, 0.29) is 19.8 Å².